The van der Waals surface area contributed by atoms with Gasteiger partial charge in [-0.25, -0.2) is 9.18 Å². The molecule has 1 aliphatic heterocycles. The zero-order valence-corrected chi connectivity index (χ0v) is 15.9. The van der Waals surface area contributed by atoms with Crippen molar-refractivity contribution < 1.29 is 19.1 Å². The Morgan fingerprint density at radius 1 is 1.36 bits per heavy atom. The first-order chi connectivity index (χ1) is 11.7. The minimum atomic E-state index is -1.13. The number of aliphatic carboxylic acids is 1. The summed E-state index contributed by atoms with van der Waals surface area (Å²) >= 11 is 8.53. The minimum Gasteiger partial charge on any atom is -0.480 e. The molecule has 25 heavy (non-hydrogen) atoms. The largest absolute Gasteiger partial charge is 0.480 e. The number of rotatable bonds is 4. The van der Waals surface area contributed by atoms with E-state index in [1.807, 2.05) is 6.92 Å². The zero-order valence-electron chi connectivity index (χ0n) is 13.5. The van der Waals surface area contributed by atoms with Crippen LogP contribution >= 0.6 is 28.1 Å². The summed E-state index contributed by atoms with van der Waals surface area (Å²) in [5.41, 5.74) is 3.27. The van der Waals surface area contributed by atoms with Crippen LogP contribution in [0.2, 0.25) is 0 Å². The van der Waals surface area contributed by atoms with Crippen LogP contribution in [-0.2, 0) is 11.2 Å². The number of halogens is 2. The number of hydrogen-bond donors (Lipinski definition) is 1. The number of nitrogens with zero attached hydrogens (tertiary/aromatic N) is 2. The van der Waals surface area contributed by atoms with Gasteiger partial charge in [-0.1, -0.05) is 34.2 Å². The van der Waals surface area contributed by atoms with Gasteiger partial charge in [-0.3, -0.25) is 14.3 Å². The molecule has 2 heterocycles. The number of hydrogen-bond acceptors (Lipinski definition) is 3. The molecular weight excluding hydrogens is 411 g/mol. The summed E-state index contributed by atoms with van der Waals surface area (Å²) in [5, 5.41) is 8.96. The first kappa shape index (κ1) is 17.8. The standard InChI is InChI=1S/C17H14BrFN2O3S/c1-8-12(5-10-3-4-11(18)6-13(10)19)9(2)21-15(8)16(25)20(17(21)24)7-14(22)23/h3-4,6H,5,7H2,1-2H3,(H,22,23). The van der Waals surface area contributed by atoms with Gasteiger partial charge in [0.15, 0.2) is 0 Å². The van der Waals surface area contributed by atoms with Crippen LogP contribution in [0.5, 0.6) is 0 Å². The number of carboxylic acid groups (broad SMARTS) is 1. The number of thiocarbonyl (C=S) groups is 1. The molecule has 0 aliphatic carbocycles. The normalized spacial score (nSPS) is 13.5. The Morgan fingerprint density at radius 2 is 2.04 bits per heavy atom. The molecule has 0 spiro atoms. The van der Waals surface area contributed by atoms with Gasteiger partial charge >= 0.3 is 12.0 Å². The summed E-state index contributed by atoms with van der Waals surface area (Å²) in [4.78, 5) is 24.8. The summed E-state index contributed by atoms with van der Waals surface area (Å²) in [7, 11) is 0. The molecule has 0 atom stereocenters. The van der Waals surface area contributed by atoms with Crippen LogP contribution in [0.4, 0.5) is 9.18 Å². The predicted molar refractivity (Wildman–Crippen MR) is 97.6 cm³/mol. The molecule has 1 aliphatic rings. The molecule has 1 aromatic heterocycles. The number of aromatic nitrogens is 1. The van der Waals surface area contributed by atoms with Crippen molar-refractivity contribution in [3.8, 4) is 0 Å². The van der Waals surface area contributed by atoms with E-state index in [1.54, 1.807) is 19.1 Å². The van der Waals surface area contributed by atoms with Crippen LogP contribution in [0.1, 0.15) is 28.1 Å². The molecule has 130 valence electrons. The van der Waals surface area contributed by atoms with E-state index in [0.717, 1.165) is 16.0 Å². The molecule has 1 amide bonds. The fourth-order valence-electron chi connectivity index (χ4n) is 3.11. The summed E-state index contributed by atoms with van der Waals surface area (Å²) in [5.74, 6) is -1.46. The summed E-state index contributed by atoms with van der Waals surface area (Å²) in [6, 6.07) is 4.37. The molecule has 0 bridgehead atoms. The van der Waals surface area contributed by atoms with Gasteiger partial charge in [-0.05, 0) is 42.7 Å². The maximum atomic E-state index is 14.2. The van der Waals surface area contributed by atoms with E-state index in [1.165, 1.54) is 10.6 Å². The van der Waals surface area contributed by atoms with E-state index in [2.05, 4.69) is 15.9 Å². The van der Waals surface area contributed by atoms with Gasteiger partial charge in [0.2, 0.25) is 0 Å². The monoisotopic (exact) mass is 424 g/mol. The molecular formula is C17H14BrFN2O3S. The Labute approximate surface area is 157 Å². The molecule has 0 unspecified atom stereocenters. The number of carboxylic acids is 1. The quantitative estimate of drug-likeness (QED) is 0.760. The minimum absolute atomic E-state index is 0.190. The summed E-state index contributed by atoms with van der Waals surface area (Å²) in [6.45, 7) is 3.09. The van der Waals surface area contributed by atoms with Crippen molar-refractivity contribution in [2.24, 2.45) is 0 Å². The highest BCUT2D eigenvalue weighted by Gasteiger charge is 2.38. The molecule has 8 heteroatoms. The van der Waals surface area contributed by atoms with Crippen molar-refractivity contribution in [1.29, 1.82) is 0 Å². The van der Waals surface area contributed by atoms with E-state index in [9.17, 15) is 14.0 Å². The molecule has 0 saturated carbocycles. The number of benzene rings is 1. The van der Waals surface area contributed by atoms with Crippen LogP contribution in [0.25, 0.3) is 0 Å². The second kappa shape index (κ2) is 6.34. The van der Waals surface area contributed by atoms with E-state index in [0.29, 0.717) is 27.8 Å². The molecule has 5 nitrogen and oxygen atoms in total. The van der Waals surface area contributed by atoms with E-state index >= 15 is 0 Å². The second-order valence-electron chi connectivity index (χ2n) is 5.85. The Kier molecular flexibility index (Phi) is 4.51. The van der Waals surface area contributed by atoms with Gasteiger partial charge in [0.1, 0.15) is 17.4 Å². The zero-order chi connectivity index (χ0) is 18.5. The van der Waals surface area contributed by atoms with Gasteiger partial charge in [0.05, 0.1) is 5.69 Å². The third kappa shape index (κ3) is 2.89. The van der Waals surface area contributed by atoms with Crippen LogP contribution < -0.4 is 0 Å². The maximum absolute atomic E-state index is 14.2. The summed E-state index contributed by atoms with van der Waals surface area (Å²) < 4.78 is 16.2. The first-order valence-corrected chi connectivity index (χ1v) is 8.65. The fraction of sp³-hybridized carbons (Fsp3) is 0.235. The van der Waals surface area contributed by atoms with Gasteiger partial charge in [-0.2, -0.15) is 0 Å². The summed E-state index contributed by atoms with van der Waals surface area (Å²) in [6.07, 6.45) is 0.325. The Hall–Kier alpha value is -2.06. The second-order valence-corrected chi connectivity index (χ2v) is 7.16. The predicted octanol–water partition coefficient (Wildman–Crippen LogP) is 3.64. The fourth-order valence-corrected chi connectivity index (χ4v) is 3.83. The molecule has 2 aromatic rings. The Morgan fingerprint density at radius 3 is 2.60 bits per heavy atom. The van der Waals surface area contributed by atoms with Crippen molar-refractivity contribution in [1.82, 2.24) is 9.47 Å². The average molecular weight is 425 g/mol. The maximum Gasteiger partial charge on any atom is 0.334 e. The van der Waals surface area contributed by atoms with Crippen LogP contribution in [-0.4, -0.2) is 38.1 Å². The van der Waals surface area contributed by atoms with E-state index in [4.69, 9.17) is 17.3 Å². The number of amides is 1. The molecule has 1 aromatic carbocycles. The lowest BCUT2D eigenvalue weighted by atomic mass is 10.0. The highest BCUT2D eigenvalue weighted by Crippen LogP contribution is 2.31. The molecule has 0 radical (unpaired) electrons. The first-order valence-electron chi connectivity index (χ1n) is 7.45. The number of carbonyl (C=O) groups is 2. The van der Waals surface area contributed by atoms with Crippen molar-refractivity contribution in [2.45, 2.75) is 20.3 Å². The lowest BCUT2D eigenvalue weighted by Gasteiger charge is -2.14. The highest BCUT2D eigenvalue weighted by atomic mass is 79.9. The van der Waals surface area contributed by atoms with Gasteiger partial charge in [0.25, 0.3) is 0 Å². The van der Waals surface area contributed by atoms with Crippen molar-refractivity contribution in [3.63, 3.8) is 0 Å². The SMILES string of the molecule is Cc1c(Cc2ccc(Br)cc2F)c(C)n2c1C(=S)N(CC(=O)O)C2=O. The topological polar surface area (TPSA) is 62.5 Å². The van der Waals surface area contributed by atoms with Crippen molar-refractivity contribution >= 4 is 45.1 Å². The van der Waals surface area contributed by atoms with E-state index < -0.39 is 18.5 Å². The Bertz CT molecular complexity index is 899. The van der Waals surface area contributed by atoms with Gasteiger partial charge in [0, 0.05) is 16.6 Å². The average Bonchev–Trinajstić information content (AvgIpc) is 2.91. The number of carbonyl (C=O) groups excluding carboxylic acids is 1. The van der Waals surface area contributed by atoms with Crippen molar-refractivity contribution in [2.75, 3.05) is 6.54 Å². The van der Waals surface area contributed by atoms with Crippen LogP contribution in [0.15, 0.2) is 22.7 Å². The lowest BCUT2D eigenvalue weighted by Crippen LogP contribution is -2.35. The van der Waals surface area contributed by atoms with Crippen LogP contribution in [0, 0.1) is 19.7 Å². The molecule has 1 N–H and O–H groups in total. The van der Waals surface area contributed by atoms with Crippen molar-refractivity contribution in [3.05, 3.63) is 56.6 Å². The van der Waals surface area contributed by atoms with Gasteiger partial charge < -0.3 is 5.11 Å². The Balaban J connectivity index is 2.03. The lowest BCUT2D eigenvalue weighted by molar-refractivity contribution is -0.136. The number of fused-ring (bicyclic) bond motifs is 1. The third-order valence-corrected chi connectivity index (χ3v) is 5.26. The smallest absolute Gasteiger partial charge is 0.334 e. The van der Waals surface area contributed by atoms with E-state index in [-0.39, 0.29) is 10.8 Å². The van der Waals surface area contributed by atoms with Gasteiger partial charge in [-0.15, -0.1) is 0 Å². The highest BCUT2D eigenvalue weighted by molar-refractivity contribution is 9.10. The molecule has 0 fully saturated rings. The van der Waals surface area contributed by atoms with Crippen LogP contribution in [0.3, 0.4) is 0 Å². The third-order valence-electron chi connectivity index (χ3n) is 4.35. The molecule has 3 rings (SSSR count). The molecule has 0 saturated heterocycles.